The number of hydrogen-bond acceptors (Lipinski definition) is 7. The van der Waals surface area contributed by atoms with E-state index in [1.807, 2.05) is 0 Å². The molecular formula is C20H13BrN4O5. The topological polar surface area (TPSA) is 124 Å². The Balaban J connectivity index is 1.56. The number of halogens is 1. The summed E-state index contributed by atoms with van der Waals surface area (Å²) < 4.78 is 5.91. The number of esters is 1. The van der Waals surface area contributed by atoms with E-state index in [4.69, 9.17) is 4.74 Å². The number of carbonyl (C=O) groups excluding carboxylic acids is 2. The number of amides is 1. The minimum absolute atomic E-state index is 0.113. The van der Waals surface area contributed by atoms with E-state index < -0.39 is 16.8 Å². The van der Waals surface area contributed by atoms with Gasteiger partial charge in [-0.25, -0.2) is 10.2 Å². The predicted octanol–water partition coefficient (Wildman–Crippen LogP) is 3.74. The first-order valence-corrected chi connectivity index (χ1v) is 9.22. The number of hydrogen-bond donors (Lipinski definition) is 1. The molecule has 0 saturated heterocycles. The summed E-state index contributed by atoms with van der Waals surface area (Å²) in [5.41, 5.74) is 3.49. The zero-order chi connectivity index (χ0) is 21.5. The Morgan fingerprint density at radius 2 is 1.77 bits per heavy atom. The summed E-state index contributed by atoms with van der Waals surface area (Å²) in [6.07, 6.45) is 4.42. The summed E-state index contributed by atoms with van der Waals surface area (Å²) in [5.74, 6) is -0.755. The molecule has 9 nitrogen and oxygen atoms in total. The number of aromatic nitrogens is 1. The number of ether oxygens (including phenoxy) is 1. The van der Waals surface area contributed by atoms with Crippen molar-refractivity contribution in [3.05, 3.63) is 98.3 Å². The Morgan fingerprint density at radius 1 is 1.07 bits per heavy atom. The number of rotatable bonds is 6. The summed E-state index contributed by atoms with van der Waals surface area (Å²) in [7, 11) is 0. The fourth-order valence-electron chi connectivity index (χ4n) is 2.27. The maximum atomic E-state index is 12.1. The molecule has 150 valence electrons. The number of non-ortho nitro benzene ring substituents is 1. The predicted molar refractivity (Wildman–Crippen MR) is 111 cm³/mol. The second-order valence-corrected chi connectivity index (χ2v) is 6.77. The molecule has 0 spiro atoms. The molecule has 0 bridgehead atoms. The van der Waals surface area contributed by atoms with Crippen molar-refractivity contribution in [3.8, 4) is 5.75 Å². The Kier molecular flexibility index (Phi) is 6.60. The van der Waals surface area contributed by atoms with E-state index in [0.717, 1.165) is 0 Å². The lowest BCUT2D eigenvalue weighted by molar-refractivity contribution is -0.384. The second kappa shape index (κ2) is 9.52. The molecule has 2 aromatic carbocycles. The van der Waals surface area contributed by atoms with Gasteiger partial charge in [0.1, 0.15) is 5.75 Å². The maximum absolute atomic E-state index is 12.1. The molecule has 10 heteroatoms. The van der Waals surface area contributed by atoms with Crippen LogP contribution in [-0.4, -0.2) is 28.0 Å². The number of hydrazone groups is 1. The van der Waals surface area contributed by atoms with Gasteiger partial charge in [-0.2, -0.15) is 5.10 Å². The van der Waals surface area contributed by atoms with Gasteiger partial charge in [-0.15, -0.1) is 0 Å². The highest BCUT2D eigenvalue weighted by Crippen LogP contribution is 2.16. The van der Waals surface area contributed by atoms with Crippen molar-refractivity contribution < 1.29 is 19.2 Å². The molecule has 0 atom stereocenters. The first-order valence-electron chi connectivity index (χ1n) is 8.43. The number of pyridine rings is 1. The third-order valence-electron chi connectivity index (χ3n) is 3.75. The first-order chi connectivity index (χ1) is 14.4. The van der Waals surface area contributed by atoms with Gasteiger partial charge < -0.3 is 4.74 Å². The molecular weight excluding hydrogens is 456 g/mol. The minimum atomic E-state index is -0.638. The largest absolute Gasteiger partial charge is 0.423 e. The quantitative estimate of drug-likeness (QED) is 0.193. The molecule has 0 fully saturated rings. The van der Waals surface area contributed by atoms with Gasteiger partial charge in [0, 0.05) is 29.0 Å². The van der Waals surface area contributed by atoms with Crippen LogP contribution in [0.3, 0.4) is 0 Å². The lowest BCUT2D eigenvalue weighted by Crippen LogP contribution is -2.17. The van der Waals surface area contributed by atoms with Crippen LogP contribution < -0.4 is 10.2 Å². The van der Waals surface area contributed by atoms with Gasteiger partial charge in [-0.05, 0) is 64.0 Å². The number of nitro groups is 1. The van der Waals surface area contributed by atoms with E-state index in [1.165, 1.54) is 36.7 Å². The van der Waals surface area contributed by atoms with Crippen LogP contribution in [0.2, 0.25) is 0 Å². The van der Waals surface area contributed by atoms with E-state index in [9.17, 15) is 19.7 Å². The lowest BCUT2D eigenvalue weighted by atomic mass is 10.2. The van der Waals surface area contributed by atoms with Crippen molar-refractivity contribution in [2.24, 2.45) is 5.10 Å². The number of nitrogens with zero attached hydrogens (tertiary/aromatic N) is 3. The number of nitrogens with one attached hydrogen (secondary N) is 1. The first kappa shape index (κ1) is 20.8. The third kappa shape index (κ3) is 5.55. The van der Waals surface area contributed by atoms with Crippen LogP contribution >= 0.6 is 15.9 Å². The van der Waals surface area contributed by atoms with Gasteiger partial charge in [0.25, 0.3) is 11.6 Å². The third-order valence-corrected chi connectivity index (χ3v) is 4.18. The number of benzene rings is 2. The maximum Gasteiger partial charge on any atom is 0.343 e. The molecule has 1 N–H and O–H groups in total. The summed E-state index contributed by atoms with van der Waals surface area (Å²) in [6.45, 7) is 0. The standard InChI is InChI=1S/C20H13BrN4O5/c21-16-9-15(11-22-12-16)19(26)24-23-10-13-1-7-18(8-2-13)30-20(27)14-3-5-17(6-4-14)25(28)29/h1-12H,(H,24,26). The number of carbonyl (C=O) groups is 2. The summed E-state index contributed by atoms with van der Waals surface area (Å²) in [6, 6.07) is 13.1. The molecule has 0 radical (unpaired) electrons. The van der Waals surface area contributed by atoms with E-state index in [1.54, 1.807) is 36.5 Å². The highest BCUT2D eigenvalue weighted by molar-refractivity contribution is 9.10. The average Bonchev–Trinajstić information content (AvgIpc) is 2.75. The Morgan fingerprint density at radius 3 is 2.40 bits per heavy atom. The van der Waals surface area contributed by atoms with Gasteiger partial charge in [0.15, 0.2) is 0 Å². The van der Waals surface area contributed by atoms with Crippen LogP contribution in [0.1, 0.15) is 26.3 Å². The van der Waals surface area contributed by atoms with Crippen molar-refractivity contribution in [3.63, 3.8) is 0 Å². The molecule has 0 saturated carbocycles. The second-order valence-electron chi connectivity index (χ2n) is 5.85. The molecule has 0 aliphatic carbocycles. The molecule has 30 heavy (non-hydrogen) atoms. The van der Waals surface area contributed by atoms with Crippen LogP contribution in [0.4, 0.5) is 5.69 Å². The monoisotopic (exact) mass is 468 g/mol. The van der Waals surface area contributed by atoms with E-state index >= 15 is 0 Å². The lowest BCUT2D eigenvalue weighted by Gasteiger charge is -2.04. The van der Waals surface area contributed by atoms with Gasteiger partial charge in [-0.1, -0.05) is 0 Å². The van der Waals surface area contributed by atoms with Crippen LogP contribution in [0.15, 0.2) is 76.6 Å². The molecule has 1 heterocycles. The molecule has 3 aromatic rings. The molecule has 0 unspecified atom stereocenters. The minimum Gasteiger partial charge on any atom is -0.423 e. The fraction of sp³-hybridized carbons (Fsp3) is 0. The van der Waals surface area contributed by atoms with Crippen molar-refractivity contribution in [1.29, 1.82) is 0 Å². The zero-order valence-corrected chi connectivity index (χ0v) is 16.8. The van der Waals surface area contributed by atoms with Crippen molar-refractivity contribution in [2.75, 3.05) is 0 Å². The van der Waals surface area contributed by atoms with Crippen LogP contribution in [-0.2, 0) is 0 Å². The summed E-state index contributed by atoms with van der Waals surface area (Å²) >= 11 is 3.24. The Labute approximate surface area is 178 Å². The zero-order valence-electron chi connectivity index (χ0n) is 15.2. The van der Waals surface area contributed by atoms with E-state index in [2.05, 4.69) is 31.4 Å². The molecule has 0 aliphatic heterocycles. The molecule has 3 rings (SSSR count). The van der Waals surface area contributed by atoms with Crippen molar-refractivity contribution >= 4 is 39.7 Å². The van der Waals surface area contributed by atoms with Gasteiger partial charge in [0.05, 0.1) is 22.3 Å². The highest BCUT2D eigenvalue weighted by atomic mass is 79.9. The van der Waals surface area contributed by atoms with Gasteiger partial charge >= 0.3 is 5.97 Å². The number of nitro benzene ring substituents is 1. The van der Waals surface area contributed by atoms with Gasteiger partial charge in [0.2, 0.25) is 0 Å². The van der Waals surface area contributed by atoms with Gasteiger partial charge in [-0.3, -0.25) is 19.9 Å². The summed E-state index contributed by atoms with van der Waals surface area (Å²) in [5, 5.41) is 14.5. The van der Waals surface area contributed by atoms with Crippen LogP contribution in [0.5, 0.6) is 5.75 Å². The van der Waals surface area contributed by atoms with Crippen LogP contribution in [0.25, 0.3) is 0 Å². The van der Waals surface area contributed by atoms with E-state index in [0.29, 0.717) is 21.3 Å². The molecule has 0 aliphatic rings. The highest BCUT2D eigenvalue weighted by Gasteiger charge is 2.11. The Bertz CT molecular complexity index is 1110. The summed E-state index contributed by atoms with van der Waals surface area (Å²) in [4.78, 5) is 38.1. The molecule has 1 amide bonds. The normalized spacial score (nSPS) is 10.6. The van der Waals surface area contributed by atoms with Crippen LogP contribution in [0, 0.1) is 10.1 Å². The fourth-order valence-corrected chi connectivity index (χ4v) is 2.64. The van der Waals surface area contributed by atoms with Crippen molar-refractivity contribution in [1.82, 2.24) is 10.4 Å². The average molecular weight is 469 g/mol. The van der Waals surface area contributed by atoms with E-state index in [-0.39, 0.29) is 11.3 Å². The molecule has 1 aromatic heterocycles. The van der Waals surface area contributed by atoms with Crippen molar-refractivity contribution in [2.45, 2.75) is 0 Å². The SMILES string of the molecule is O=C(NN=Cc1ccc(OC(=O)c2ccc([N+](=O)[O-])cc2)cc1)c1cncc(Br)c1. The smallest absolute Gasteiger partial charge is 0.343 e. The Hall–Kier alpha value is -3.92.